The molecule has 1 aliphatic heterocycles. The Kier molecular flexibility index (Phi) is 8.12. The van der Waals surface area contributed by atoms with Crippen molar-refractivity contribution < 1.29 is 14.3 Å². The lowest BCUT2D eigenvalue weighted by Gasteiger charge is -2.24. The molecule has 27 heavy (non-hydrogen) atoms. The highest BCUT2D eigenvalue weighted by molar-refractivity contribution is 5.88. The molecule has 1 fully saturated rings. The molecule has 5 heteroatoms. The molecular formula is C22H38N2O3. The Morgan fingerprint density at radius 3 is 2.30 bits per heavy atom. The monoisotopic (exact) mass is 378 g/mol. The van der Waals surface area contributed by atoms with Gasteiger partial charge in [-0.2, -0.15) is 0 Å². The number of nitrogens with zero attached hydrogens (tertiary/aromatic N) is 1. The third-order valence-corrected chi connectivity index (χ3v) is 4.49. The van der Waals surface area contributed by atoms with Crippen LogP contribution >= 0.6 is 0 Å². The topological polar surface area (TPSA) is 58.6 Å². The van der Waals surface area contributed by atoms with E-state index in [0.717, 1.165) is 12.8 Å². The molecule has 1 heterocycles. The first-order valence-electron chi connectivity index (χ1n) is 9.99. The van der Waals surface area contributed by atoms with Crippen LogP contribution in [0.2, 0.25) is 0 Å². The third kappa shape index (κ3) is 8.19. The molecule has 0 aliphatic carbocycles. The van der Waals surface area contributed by atoms with Crippen LogP contribution in [0.4, 0.5) is 4.79 Å². The van der Waals surface area contributed by atoms with Crippen molar-refractivity contribution in [1.29, 1.82) is 0 Å². The summed E-state index contributed by atoms with van der Waals surface area (Å²) >= 11 is 0. The van der Waals surface area contributed by atoms with Gasteiger partial charge in [0.1, 0.15) is 6.10 Å². The van der Waals surface area contributed by atoms with Gasteiger partial charge in [-0.1, -0.05) is 45.8 Å². The van der Waals surface area contributed by atoms with E-state index in [-0.39, 0.29) is 23.0 Å². The Bertz CT molecular complexity index is 592. The van der Waals surface area contributed by atoms with Crippen molar-refractivity contribution in [2.45, 2.75) is 86.3 Å². The third-order valence-electron chi connectivity index (χ3n) is 4.49. The second-order valence-electron chi connectivity index (χ2n) is 9.50. The number of rotatable bonds is 5. The lowest BCUT2D eigenvalue weighted by atomic mass is 9.82. The highest BCUT2D eigenvalue weighted by Crippen LogP contribution is 2.31. The minimum Gasteiger partial charge on any atom is -0.444 e. The summed E-state index contributed by atoms with van der Waals surface area (Å²) in [6.45, 7) is 17.6. The summed E-state index contributed by atoms with van der Waals surface area (Å²) in [6.07, 6.45) is 5.76. The van der Waals surface area contributed by atoms with Crippen molar-refractivity contribution in [1.82, 2.24) is 10.2 Å². The number of allylic oxidation sites excluding steroid dienone is 3. The van der Waals surface area contributed by atoms with Crippen molar-refractivity contribution in [3.05, 3.63) is 23.3 Å². The summed E-state index contributed by atoms with van der Waals surface area (Å²) in [5.74, 6) is -0.0246. The largest absolute Gasteiger partial charge is 0.444 e. The van der Waals surface area contributed by atoms with Crippen LogP contribution in [0, 0.1) is 5.41 Å². The fourth-order valence-corrected chi connectivity index (χ4v) is 3.31. The van der Waals surface area contributed by atoms with Gasteiger partial charge in [0.15, 0.2) is 0 Å². The molecule has 0 aromatic heterocycles. The second kappa shape index (κ2) is 9.43. The van der Waals surface area contributed by atoms with Crippen molar-refractivity contribution in [2.24, 2.45) is 5.41 Å². The standard InChI is InChI=1S/C22H38N2O3/c1-9-10-16(2)18(21(3,4)5)11-12-19(25)24-14-13-17(15-24)27-20(26)23-22(6,7)8/h11-12,17H,9-10,13-15H2,1-8H3,(H,23,26)/b12-11+,18-16-. The van der Waals surface area contributed by atoms with Gasteiger partial charge in [-0.05, 0) is 45.1 Å². The van der Waals surface area contributed by atoms with Gasteiger partial charge in [0.25, 0.3) is 0 Å². The van der Waals surface area contributed by atoms with Crippen LogP contribution in [0.15, 0.2) is 23.3 Å². The number of carbonyl (C=O) groups excluding carboxylic acids is 2. The van der Waals surface area contributed by atoms with Gasteiger partial charge in [-0.15, -0.1) is 0 Å². The normalized spacial score (nSPS) is 19.3. The average molecular weight is 379 g/mol. The Hall–Kier alpha value is -1.78. The fourth-order valence-electron chi connectivity index (χ4n) is 3.31. The van der Waals surface area contributed by atoms with Gasteiger partial charge in [-0.25, -0.2) is 4.79 Å². The van der Waals surface area contributed by atoms with Gasteiger partial charge in [0, 0.05) is 24.6 Å². The number of nitrogens with one attached hydrogen (secondary N) is 1. The van der Waals surface area contributed by atoms with E-state index in [9.17, 15) is 9.59 Å². The molecule has 1 saturated heterocycles. The van der Waals surface area contributed by atoms with Crippen molar-refractivity contribution in [2.75, 3.05) is 13.1 Å². The number of hydrogen-bond acceptors (Lipinski definition) is 3. The summed E-state index contributed by atoms with van der Waals surface area (Å²) in [5.41, 5.74) is 2.21. The highest BCUT2D eigenvalue weighted by Gasteiger charge is 2.29. The molecule has 0 radical (unpaired) electrons. The quantitative estimate of drug-likeness (QED) is 0.550. The number of amides is 2. The Morgan fingerprint density at radius 2 is 1.78 bits per heavy atom. The van der Waals surface area contributed by atoms with Crippen LogP contribution in [-0.2, 0) is 9.53 Å². The van der Waals surface area contributed by atoms with Crippen molar-refractivity contribution >= 4 is 12.0 Å². The first kappa shape index (κ1) is 23.3. The predicted molar refractivity (Wildman–Crippen MR) is 111 cm³/mol. The molecule has 1 atom stereocenters. The maximum absolute atomic E-state index is 12.6. The number of hydrogen-bond donors (Lipinski definition) is 1. The van der Waals surface area contributed by atoms with Crippen LogP contribution in [0.25, 0.3) is 0 Å². The van der Waals surface area contributed by atoms with Gasteiger partial charge in [-0.3, -0.25) is 4.79 Å². The first-order valence-corrected chi connectivity index (χ1v) is 9.99. The molecule has 0 saturated carbocycles. The van der Waals surface area contributed by atoms with Crippen molar-refractivity contribution in [3.8, 4) is 0 Å². The van der Waals surface area contributed by atoms with Crippen LogP contribution in [0.3, 0.4) is 0 Å². The van der Waals surface area contributed by atoms with Crippen LogP contribution < -0.4 is 5.32 Å². The molecule has 1 unspecified atom stereocenters. The zero-order valence-electron chi connectivity index (χ0n) is 18.4. The number of likely N-dealkylation sites (tertiary alicyclic amines) is 1. The first-order chi connectivity index (χ1) is 12.3. The molecule has 0 spiro atoms. The SMILES string of the molecule is CCC/C(C)=C(/C=C/C(=O)N1CCC(OC(=O)NC(C)(C)C)C1)C(C)(C)C. The summed E-state index contributed by atoms with van der Waals surface area (Å²) in [5, 5.41) is 2.79. The lowest BCUT2D eigenvalue weighted by molar-refractivity contribution is -0.125. The average Bonchev–Trinajstić information content (AvgIpc) is 2.92. The van der Waals surface area contributed by atoms with Gasteiger partial charge < -0.3 is 15.0 Å². The van der Waals surface area contributed by atoms with Crippen LogP contribution in [0.1, 0.15) is 74.7 Å². The molecular weight excluding hydrogens is 340 g/mol. The summed E-state index contributed by atoms with van der Waals surface area (Å²) in [6, 6.07) is 0. The van der Waals surface area contributed by atoms with E-state index in [4.69, 9.17) is 4.74 Å². The highest BCUT2D eigenvalue weighted by atomic mass is 16.6. The van der Waals surface area contributed by atoms with E-state index in [0.29, 0.717) is 19.5 Å². The van der Waals surface area contributed by atoms with Gasteiger partial charge in [0.05, 0.1) is 6.54 Å². The second-order valence-corrected chi connectivity index (χ2v) is 9.50. The minimum absolute atomic E-state index is 0.00225. The molecule has 1 N–H and O–H groups in total. The van der Waals surface area contributed by atoms with Gasteiger partial charge in [0.2, 0.25) is 5.91 Å². The molecule has 1 rings (SSSR count). The van der Waals surface area contributed by atoms with Gasteiger partial charge >= 0.3 is 6.09 Å². The molecule has 2 amide bonds. The Balaban J connectivity index is 2.69. The molecule has 5 nitrogen and oxygen atoms in total. The summed E-state index contributed by atoms with van der Waals surface area (Å²) < 4.78 is 5.44. The zero-order chi connectivity index (χ0) is 20.8. The van der Waals surface area contributed by atoms with E-state index < -0.39 is 6.09 Å². The summed E-state index contributed by atoms with van der Waals surface area (Å²) in [7, 11) is 0. The summed E-state index contributed by atoms with van der Waals surface area (Å²) in [4.78, 5) is 26.2. The fraction of sp³-hybridized carbons (Fsp3) is 0.727. The Labute approximate surface area is 165 Å². The predicted octanol–water partition coefficient (Wildman–Crippen LogP) is 4.83. The molecule has 1 aliphatic rings. The van der Waals surface area contributed by atoms with Crippen LogP contribution in [-0.4, -0.2) is 41.6 Å². The molecule has 154 valence electrons. The number of carbonyl (C=O) groups is 2. The molecule has 0 aromatic carbocycles. The lowest BCUT2D eigenvalue weighted by Crippen LogP contribution is -2.42. The molecule has 0 aromatic rings. The minimum atomic E-state index is -0.425. The van der Waals surface area contributed by atoms with E-state index in [1.165, 1.54) is 11.1 Å². The number of alkyl carbamates (subject to hydrolysis) is 1. The Morgan fingerprint density at radius 1 is 1.15 bits per heavy atom. The maximum atomic E-state index is 12.6. The number of ether oxygens (including phenoxy) is 1. The van der Waals surface area contributed by atoms with E-state index >= 15 is 0 Å². The van der Waals surface area contributed by atoms with E-state index in [1.54, 1.807) is 11.0 Å². The smallest absolute Gasteiger partial charge is 0.407 e. The van der Waals surface area contributed by atoms with Crippen molar-refractivity contribution in [3.63, 3.8) is 0 Å². The molecule has 0 bridgehead atoms. The van der Waals surface area contributed by atoms with Crippen LogP contribution in [0.5, 0.6) is 0 Å². The maximum Gasteiger partial charge on any atom is 0.407 e. The zero-order valence-corrected chi connectivity index (χ0v) is 18.4. The van der Waals surface area contributed by atoms with E-state index in [2.05, 4.69) is 39.9 Å². The van der Waals surface area contributed by atoms with E-state index in [1.807, 2.05) is 26.8 Å².